The molecular formula is C19H23NO2. The SMILES string of the molecule is COc1cc(/C=C/CCC/C=C/c2cccn2C)ccc1O. The maximum absolute atomic E-state index is 9.54. The second-order valence-corrected chi connectivity index (χ2v) is 5.21. The van der Waals surface area contributed by atoms with Gasteiger partial charge in [0.1, 0.15) is 0 Å². The molecule has 0 aliphatic heterocycles. The smallest absolute Gasteiger partial charge is 0.161 e. The summed E-state index contributed by atoms with van der Waals surface area (Å²) in [5.74, 6) is 0.679. The summed E-state index contributed by atoms with van der Waals surface area (Å²) in [6.07, 6.45) is 13.8. The van der Waals surface area contributed by atoms with E-state index in [1.807, 2.05) is 31.4 Å². The minimum atomic E-state index is 0.172. The molecule has 0 atom stereocenters. The van der Waals surface area contributed by atoms with Gasteiger partial charge in [-0.25, -0.2) is 0 Å². The molecule has 1 heterocycles. The van der Waals surface area contributed by atoms with Crippen LogP contribution in [0.25, 0.3) is 12.2 Å². The van der Waals surface area contributed by atoms with Gasteiger partial charge >= 0.3 is 0 Å². The Morgan fingerprint density at radius 2 is 1.91 bits per heavy atom. The highest BCUT2D eigenvalue weighted by molar-refractivity contribution is 5.55. The van der Waals surface area contributed by atoms with Crippen molar-refractivity contribution < 1.29 is 9.84 Å². The van der Waals surface area contributed by atoms with Gasteiger partial charge in [-0.2, -0.15) is 0 Å². The summed E-state index contributed by atoms with van der Waals surface area (Å²) in [7, 11) is 3.61. The van der Waals surface area contributed by atoms with Crippen LogP contribution >= 0.6 is 0 Å². The normalized spacial score (nSPS) is 11.5. The predicted octanol–water partition coefficient (Wildman–Crippen LogP) is 4.64. The van der Waals surface area contributed by atoms with Crippen molar-refractivity contribution in [2.45, 2.75) is 19.3 Å². The van der Waals surface area contributed by atoms with Crippen molar-refractivity contribution >= 4 is 12.2 Å². The van der Waals surface area contributed by atoms with Crippen molar-refractivity contribution in [1.82, 2.24) is 4.57 Å². The van der Waals surface area contributed by atoms with E-state index >= 15 is 0 Å². The lowest BCUT2D eigenvalue weighted by atomic mass is 10.1. The first kappa shape index (κ1) is 16.0. The highest BCUT2D eigenvalue weighted by atomic mass is 16.5. The van der Waals surface area contributed by atoms with Crippen molar-refractivity contribution in [2.75, 3.05) is 7.11 Å². The molecule has 0 radical (unpaired) electrons. The Bertz CT molecular complexity index is 653. The fourth-order valence-corrected chi connectivity index (χ4v) is 2.22. The molecule has 0 aliphatic carbocycles. The van der Waals surface area contributed by atoms with E-state index in [2.05, 4.69) is 34.9 Å². The van der Waals surface area contributed by atoms with Gasteiger partial charge in [-0.15, -0.1) is 0 Å². The number of phenols is 1. The number of hydrogen-bond acceptors (Lipinski definition) is 2. The van der Waals surface area contributed by atoms with Gasteiger partial charge in [0, 0.05) is 18.9 Å². The first-order chi connectivity index (χ1) is 10.7. The van der Waals surface area contributed by atoms with Gasteiger partial charge in [0.15, 0.2) is 11.5 Å². The molecular weight excluding hydrogens is 274 g/mol. The van der Waals surface area contributed by atoms with Crippen molar-refractivity contribution in [1.29, 1.82) is 0 Å². The number of benzene rings is 1. The zero-order valence-corrected chi connectivity index (χ0v) is 13.2. The molecule has 3 heteroatoms. The molecule has 2 aromatic rings. The molecule has 1 aromatic heterocycles. The lowest BCUT2D eigenvalue weighted by Gasteiger charge is -2.03. The Balaban J connectivity index is 1.74. The lowest BCUT2D eigenvalue weighted by Crippen LogP contribution is -1.86. The zero-order chi connectivity index (χ0) is 15.8. The van der Waals surface area contributed by atoms with E-state index in [1.165, 1.54) is 5.69 Å². The van der Waals surface area contributed by atoms with Crippen molar-refractivity contribution in [3.63, 3.8) is 0 Å². The molecule has 0 spiro atoms. The third-order valence-corrected chi connectivity index (χ3v) is 3.53. The first-order valence-electron chi connectivity index (χ1n) is 7.52. The van der Waals surface area contributed by atoms with Crippen LogP contribution in [0.3, 0.4) is 0 Å². The molecule has 1 aromatic carbocycles. The number of nitrogens with zero attached hydrogens (tertiary/aromatic N) is 1. The molecule has 0 amide bonds. The van der Waals surface area contributed by atoms with E-state index in [0.717, 1.165) is 24.8 Å². The van der Waals surface area contributed by atoms with Crippen LogP contribution in [0.4, 0.5) is 0 Å². The number of rotatable bonds is 7. The van der Waals surface area contributed by atoms with Gasteiger partial charge in [0.25, 0.3) is 0 Å². The second-order valence-electron chi connectivity index (χ2n) is 5.21. The minimum absolute atomic E-state index is 0.172. The van der Waals surface area contributed by atoms with Crippen LogP contribution in [0.2, 0.25) is 0 Å². The van der Waals surface area contributed by atoms with Gasteiger partial charge in [-0.05, 0) is 55.2 Å². The number of ether oxygens (including phenoxy) is 1. The Hall–Kier alpha value is -2.42. The first-order valence-corrected chi connectivity index (χ1v) is 7.52. The van der Waals surface area contributed by atoms with Gasteiger partial charge in [0.2, 0.25) is 0 Å². The van der Waals surface area contributed by atoms with Crippen molar-refractivity contribution in [3.8, 4) is 11.5 Å². The number of phenolic OH excluding ortho intramolecular Hbond substituents is 1. The molecule has 0 bridgehead atoms. The third kappa shape index (κ3) is 4.55. The summed E-state index contributed by atoms with van der Waals surface area (Å²) < 4.78 is 7.20. The number of unbranched alkanes of at least 4 members (excludes halogenated alkanes) is 2. The Morgan fingerprint density at radius 1 is 1.14 bits per heavy atom. The summed E-state index contributed by atoms with van der Waals surface area (Å²) in [6, 6.07) is 9.52. The standard InChI is InChI=1S/C19H23NO2/c1-20-14-8-11-17(20)10-7-5-3-4-6-9-16-12-13-18(21)19(15-16)22-2/h6-15,21H,3-5H2,1-2H3/b9-6+,10-7+. The van der Waals surface area contributed by atoms with Crippen LogP contribution in [0.5, 0.6) is 11.5 Å². The molecule has 0 saturated heterocycles. The number of allylic oxidation sites excluding steroid dienone is 2. The average Bonchev–Trinajstić information content (AvgIpc) is 2.93. The van der Waals surface area contributed by atoms with Gasteiger partial charge in [-0.1, -0.05) is 24.3 Å². The third-order valence-electron chi connectivity index (χ3n) is 3.53. The molecule has 3 nitrogen and oxygen atoms in total. The van der Waals surface area contributed by atoms with Crippen LogP contribution in [0.15, 0.2) is 48.7 Å². The topological polar surface area (TPSA) is 34.4 Å². The summed E-state index contributed by atoms with van der Waals surface area (Å²) >= 11 is 0. The number of aromatic nitrogens is 1. The van der Waals surface area contributed by atoms with Crippen LogP contribution < -0.4 is 4.74 Å². The lowest BCUT2D eigenvalue weighted by molar-refractivity contribution is 0.373. The van der Waals surface area contributed by atoms with E-state index in [0.29, 0.717) is 5.75 Å². The Kier molecular flexibility index (Phi) is 5.90. The molecule has 2 rings (SSSR count). The van der Waals surface area contributed by atoms with Crippen LogP contribution in [0.1, 0.15) is 30.5 Å². The largest absolute Gasteiger partial charge is 0.504 e. The highest BCUT2D eigenvalue weighted by Gasteiger charge is 1.99. The summed E-state index contributed by atoms with van der Waals surface area (Å²) in [4.78, 5) is 0. The molecule has 22 heavy (non-hydrogen) atoms. The number of aryl methyl sites for hydroxylation is 1. The summed E-state index contributed by atoms with van der Waals surface area (Å²) in [5, 5.41) is 9.54. The van der Waals surface area contributed by atoms with Gasteiger partial charge < -0.3 is 14.4 Å². The zero-order valence-electron chi connectivity index (χ0n) is 13.2. The second kappa shape index (κ2) is 8.13. The van der Waals surface area contributed by atoms with Crippen molar-refractivity contribution in [2.24, 2.45) is 7.05 Å². The minimum Gasteiger partial charge on any atom is -0.504 e. The van der Waals surface area contributed by atoms with Crippen LogP contribution in [-0.2, 0) is 7.05 Å². The van der Waals surface area contributed by atoms with E-state index in [-0.39, 0.29) is 5.75 Å². The Morgan fingerprint density at radius 3 is 2.59 bits per heavy atom. The maximum atomic E-state index is 9.54. The van der Waals surface area contributed by atoms with E-state index < -0.39 is 0 Å². The molecule has 0 unspecified atom stereocenters. The molecule has 0 saturated carbocycles. The fraction of sp³-hybridized carbons (Fsp3) is 0.263. The number of methoxy groups -OCH3 is 1. The van der Waals surface area contributed by atoms with Crippen LogP contribution in [0, 0.1) is 0 Å². The maximum Gasteiger partial charge on any atom is 0.161 e. The Labute approximate surface area is 132 Å². The molecule has 0 aliphatic rings. The van der Waals surface area contributed by atoms with E-state index in [4.69, 9.17) is 4.74 Å². The monoisotopic (exact) mass is 297 g/mol. The van der Waals surface area contributed by atoms with Crippen molar-refractivity contribution in [3.05, 3.63) is 59.9 Å². The fourth-order valence-electron chi connectivity index (χ4n) is 2.22. The summed E-state index contributed by atoms with van der Waals surface area (Å²) in [5.41, 5.74) is 2.26. The number of hydrogen-bond donors (Lipinski definition) is 1. The quantitative estimate of drug-likeness (QED) is 0.756. The molecule has 0 fully saturated rings. The van der Waals surface area contributed by atoms with Gasteiger partial charge in [-0.3, -0.25) is 0 Å². The predicted molar refractivity (Wildman–Crippen MR) is 92.0 cm³/mol. The van der Waals surface area contributed by atoms with E-state index in [1.54, 1.807) is 13.2 Å². The molecule has 1 N–H and O–H groups in total. The van der Waals surface area contributed by atoms with Crippen LogP contribution in [-0.4, -0.2) is 16.8 Å². The summed E-state index contributed by atoms with van der Waals surface area (Å²) in [6.45, 7) is 0. The van der Waals surface area contributed by atoms with Gasteiger partial charge in [0.05, 0.1) is 7.11 Å². The number of aromatic hydroxyl groups is 1. The molecule has 116 valence electrons. The van der Waals surface area contributed by atoms with E-state index in [9.17, 15) is 5.11 Å². The average molecular weight is 297 g/mol. The highest BCUT2D eigenvalue weighted by Crippen LogP contribution is 2.26.